The number of likely N-dealkylation sites (tertiary alicyclic amines) is 1. The summed E-state index contributed by atoms with van der Waals surface area (Å²) in [6, 6.07) is 5.40. The summed E-state index contributed by atoms with van der Waals surface area (Å²) in [4.78, 5) is 25.4. The molecule has 1 saturated heterocycles. The third-order valence-electron chi connectivity index (χ3n) is 4.39. The maximum absolute atomic E-state index is 12.7. The zero-order chi connectivity index (χ0) is 17.3. The van der Waals surface area contributed by atoms with Crippen molar-refractivity contribution >= 4 is 23.5 Å². The molecule has 126 valence electrons. The van der Waals surface area contributed by atoms with Crippen molar-refractivity contribution in [1.82, 2.24) is 14.7 Å². The number of carbonyl (C=O) groups excluding carboxylic acids is 1. The second kappa shape index (κ2) is 6.65. The van der Waals surface area contributed by atoms with E-state index in [1.165, 1.54) is 6.20 Å². The molecule has 0 unspecified atom stereocenters. The second-order valence-corrected chi connectivity index (χ2v) is 6.43. The molecule has 1 aromatic heterocycles. The van der Waals surface area contributed by atoms with Crippen molar-refractivity contribution in [1.29, 1.82) is 0 Å². The third kappa shape index (κ3) is 3.28. The van der Waals surface area contributed by atoms with E-state index in [1.54, 1.807) is 29.1 Å². The van der Waals surface area contributed by atoms with Gasteiger partial charge in [0.1, 0.15) is 0 Å². The summed E-state index contributed by atoms with van der Waals surface area (Å²) >= 11 is 5.94. The molecule has 7 heteroatoms. The Morgan fingerprint density at radius 3 is 2.58 bits per heavy atom. The molecule has 1 aromatic carbocycles. The molecule has 1 aliphatic rings. The minimum atomic E-state index is -0.980. The molecule has 2 aromatic rings. The van der Waals surface area contributed by atoms with E-state index >= 15 is 0 Å². The van der Waals surface area contributed by atoms with Crippen LogP contribution in [0, 0.1) is 6.92 Å². The normalized spacial score (nSPS) is 15.5. The van der Waals surface area contributed by atoms with Crippen LogP contribution in [0.3, 0.4) is 0 Å². The van der Waals surface area contributed by atoms with E-state index in [0.717, 1.165) is 18.4 Å². The van der Waals surface area contributed by atoms with Crippen molar-refractivity contribution in [2.24, 2.45) is 0 Å². The molecular weight excluding hydrogens is 330 g/mol. The largest absolute Gasteiger partial charge is 0.478 e. The molecule has 0 spiro atoms. The SMILES string of the molecule is Cc1cc(Cl)ccc1C(=O)N1CCC(n2cc(C(=O)O)cn2)CC1. The van der Waals surface area contributed by atoms with Gasteiger partial charge in [-0.05, 0) is 43.5 Å². The topological polar surface area (TPSA) is 75.4 Å². The van der Waals surface area contributed by atoms with Gasteiger partial charge in [-0.15, -0.1) is 0 Å². The number of benzene rings is 1. The molecular formula is C17H18ClN3O3. The number of carboxylic acid groups (broad SMARTS) is 1. The molecule has 3 rings (SSSR count). The Labute approximate surface area is 144 Å². The van der Waals surface area contributed by atoms with Gasteiger partial charge in [0, 0.05) is 29.9 Å². The van der Waals surface area contributed by atoms with E-state index in [4.69, 9.17) is 16.7 Å². The van der Waals surface area contributed by atoms with Crippen LogP contribution in [0.2, 0.25) is 5.02 Å². The van der Waals surface area contributed by atoms with Gasteiger partial charge >= 0.3 is 5.97 Å². The summed E-state index contributed by atoms with van der Waals surface area (Å²) in [5, 5.41) is 13.7. The fourth-order valence-corrected chi connectivity index (χ4v) is 3.25. The first kappa shape index (κ1) is 16.5. The second-order valence-electron chi connectivity index (χ2n) is 6.00. The van der Waals surface area contributed by atoms with Gasteiger partial charge in [-0.1, -0.05) is 11.6 Å². The number of nitrogens with zero attached hydrogens (tertiary/aromatic N) is 3. The molecule has 0 aliphatic carbocycles. The quantitative estimate of drug-likeness (QED) is 0.926. The van der Waals surface area contributed by atoms with Crippen molar-refractivity contribution in [3.8, 4) is 0 Å². The number of rotatable bonds is 3. The van der Waals surface area contributed by atoms with Crippen molar-refractivity contribution < 1.29 is 14.7 Å². The van der Waals surface area contributed by atoms with Crippen LogP contribution in [0.15, 0.2) is 30.6 Å². The average molecular weight is 348 g/mol. The zero-order valence-electron chi connectivity index (χ0n) is 13.3. The summed E-state index contributed by atoms with van der Waals surface area (Å²) in [5.41, 5.74) is 1.73. The molecule has 1 aliphatic heterocycles. The van der Waals surface area contributed by atoms with Gasteiger partial charge in [-0.3, -0.25) is 9.48 Å². The third-order valence-corrected chi connectivity index (χ3v) is 4.63. The van der Waals surface area contributed by atoms with Crippen LogP contribution in [-0.4, -0.2) is 44.8 Å². The molecule has 2 heterocycles. The Balaban J connectivity index is 1.65. The molecule has 1 amide bonds. The number of aromatic carboxylic acids is 1. The minimum Gasteiger partial charge on any atom is -0.478 e. The van der Waals surface area contributed by atoms with Crippen LogP contribution in [0.4, 0.5) is 0 Å². The maximum Gasteiger partial charge on any atom is 0.338 e. The fourth-order valence-electron chi connectivity index (χ4n) is 3.02. The highest BCUT2D eigenvalue weighted by Gasteiger charge is 2.26. The average Bonchev–Trinajstić information content (AvgIpc) is 3.05. The minimum absolute atomic E-state index is 0.00862. The van der Waals surface area contributed by atoms with Gasteiger partial charge in [-0.2, -0.15) is 5.10 Å². The lowest BCUT2D eigenvalue weighted by Crippen LogP contribution is -2.39. The van der Waals surface area contributed by atoms with E-state index in [2.05, 4.69) is 5.10 Å². The van der Waals surface area contributed by atoms with Gasteiger partial charge in [-0.25, -0.2) is 4.79 Å². The van der Waals surface area contributed by atoms with Gasteiger partial charge in [0.15, 0.2) is 0 Å². The lowest BCUT2D eigenvalue weighted by Gasteiger charge is -2.32. The van der Waals surface area contributed by atoms with Crippen LogP contribution in [0.25, 0.3) is 0 Å². The van der Waals surface area contributed by atoms with Gasteiger partial charge in [0.2, 0.25) is 0 Å². The summed E-state index contributed by atoms with van der Waals surface area (Å²) < 4.78 is 1.69. The number of carboxylic acids is 1. The van der Waals surface area contributed by atoms with E-state index in [9.17, 15) is 9.59 Å². The molecule has 0 radical (unpaired) electrons. The Kier molecular flexibility index (Phi) is 4.57. The van der Waals surface area contributed by atoms with Crippen LogP contribution >= 0.6 is 11.6 Å². The summed E-state index contributed by atoms with van der Waals surface area (Å²) in [6.45, 7) is 3.12. The molecule has 1 N–H and O–H groups in total. The smallest absolute Gasteiger partial charge is 0.338 e. The van der Waals surface area contributed by atoms with Gasteiger partial charge < -0.3 is 10.0 Å². The number of halogens is 1. The van der Waals surface area contributed by atoms with E-state index in [0.29, 0.717) is 23.7 Å². The highest BCUT2D eigenvalue weighted by molar-refractivity contribution is 6.30. The maximum atomic E-state index is 12.7. The molecule has 0 bridgehead atoms. The number of amides is 1. The summed E-state index contributed by atoms with van der Waals surface area (Å²) in [6.07, 6.45) is 4.41. The number of hydrogen-bond acceptors (Lipinski definition) is 3. The molecule has 0 saturated carbocycles. The molecule has 6 nitrogen and oxygen atoms in total. The summed E-state index contributed by atoms with van der Waals surface area (Å²) in [5.74, 6) is -0.971. The first-order chi connectivity index (χ1) is 11.5. The standard InChI is InChI=1S/C17H18ClN3O3/c1-11-8-13(18)2-3-15(11)16(22)20-6-4-14(5-7-20)21-10-12(9-19-21)17(23)24/h2-3,8-10,14H,4-7H2,1H3,(H,23,24). The highest BCUT2D eigenvalue weighted by atomic mass is 35.5. The van der Waals surface area contributed by atoms with Crippen molar-refractivity contribution in [2.75, 3.05) is 13.1 Å². The summed E-state index contributed by atoms with van der Waals surface area (Å²) in [7, 11) is 0. The number of aryl methyl sites for hydroxylation is 1. The van der Waals surface area contributed by atoms with Crippen molar-refractivity contribution in [2.45, 2.75) is 25.8 Å². The molecule has 0 atom stereocenters. The lowest BCUT2D eigenvalue weighted by atomic mass is 10.0. The molecule has 1 fully saturated rings. The Morgan fingerprint density at radius 2 is 2.00 bits per heavy atom. The first-order valence-electron chi connectivity index (χ1n) is 7.78. The first-order valence-corrected chi connectivity index (χ1v) is 8.16. The predicted molar refractivity (Wildman–Crippen MR) is 89.5 cm³/mol. The van der Waals surface area contributed by atoms with Gasteiger partial charge in [0.25, 0.3) is 5.91 Å². The van der Waals surface area contributed by atoms with Crippen LogP contribution in [0.1, 0.15) is 45.2 Å². The number of hydrogen-bond donors (Lipinski definition) is 1. The number of carbonyl (C=O) groups is 2. The number of piperidine rings is 1. The predicted octanol–water partition coefficient (Wildman–Crippen LogP) is 3.02. The van der Waals surface area contributed by atoms with E-state index in [1.807, 2.05) is 11.8 Å². The van der Waals surface area contributed by atoms with E-state index < -0.39 is 5.97 Å². The lowest BCUT2D eigenvalue weighted by molar-refractivity contribution is 0.0687. The highest BCUT2D eigenvalue weighted by Crippen LogP contribution is 2.24. The Hall–Kier alpha value is -2.34. The molecule has 24 heavy (non-hydrogen) atoms. The van der Waals surface area contributed by atoms with Gasteiger partial charge in [0.05, 0.1) is 17.8 Å². The monoisotopic (exact) mass is 347 g/mol. The number of aromatic nitrogens is 2. The van der Waals surface area contributed by atoms with Crippen LogP contribution < -0.4 is 0 Å². The van der Waals surface area contributed by atoms with E-state index in [-0.39, 0.29) is 17.5 Å². The Bertz CT molecular complexity index is 779. The van der Waals surface area contributed by atoms with Crippen molar-refractivity contribution in [3.63, 3.8) is 0 Å². The fraction of sp³-hybridized carbons (Fsp3) is 0.353. The van der Waals surface area contributed by atoms with Crippen LogP contribution in [-0.2, 0) is 0 Å². The van der Waals surface area contributed by atoms with Crippen molar-refractivity contribution in [3.05, 3.63) is 52.3 Å². The Morgan fingerprint density at radius 1 is 1.29 bits per heavy atom. The van der Waals surface area contributed by atoms with Crippen LogP contribution in [0.5, 0.6) is 0 Å². The zero-order valence-corrected chi connectivity index (χ0v) is 14.0.